The molecule has 2 aromatic rings. The minimum absolute atomic E-state index is 0.0394. The van der Waals surface area contributed by atoms with Crippen LogP contribution >= 0.6 is 11.6 Å². The van der Waals surface area contributed by atoms with Crippen LogP contribution < -0.4 is 10.6 Å². The second-order valence-corrected chi connectivity index (χ2v) is 7.29. The zero-order valence-electron chi connectivity index (χ0n) is 14.9. The lowest BCUT2D eigenvalue weighted by molar-refractivity contribution is -0.128. The largest absolute Gasteiger partial charge is 0.352 e. The van der Waals surface area contributed by atoms with Gasteiger partial charge in [0.05, 0.1) is 0 Å². The lowest BCUT2D eigenvalue weighted by atomic mass is 9.81. The van der Waals surface area contributed by atoms with Crippen LogP contribution in [0.3, 0.4) is 0 Å². The Kier molecular flexibility index (Phi) is 6.45. The maximum Gasteiger partial charge on any atom is 0.227 e. The van der Waals surface area contributed by atoms with Crippen LogP contribution in [-0.4, -0.2) is 11.8 Å². The Morgan fingerprint density at radius 2 is 1.63 bits per heavy atom. The van der Waals surface area contributed by atoms with Gasteiger partial charge in [0.15, 0.2) is 0 Å². The van der Waals surface area contributed by atoms with Crippen LogP contribution in [0.25, 0.3) is 0 Å². The second kappa shape index (κ2) is 9.00. The summed E-state index contributed by atoms with van der Waals surface area (Å²) in [6.07, 6.45) is 2.61. The fraction of sp³-hybridized carbons (Fsp3) is 0.333. The highest BCUT2D eigenvalue weighted by Gasteiger charge is 2.30. The minimum Gasteiger partial charge on any atom is -0.352 e. The van der Waals surface area contributed by atoms with Gasteiger partial charge in [0.25, 0.3) is 0 Å². The molecule has 2 N–H and O–H groups in total. The van der Waals surface area contributed by atoms with Crippen LogP contribution in [0, 0.1) is 17.7 Å². The van der Waals surface area contributed by atoms with Gasteiger partial charge in [0.2, 0.25) is 11.8 Å². The Morgan fingerprint density at radius 3 is 2.30 bits per heavy atom. The van der Waals surface area contributed by atoms with Gasteiger partial charge in [-0.05, 0) is 49.9 Å². The summed E-state index contributed by atoms with van der Waals surface area (Å²) in [5.41, 5.74) is 1.15. The van der Waals surface area contributed by atoms with Crippen molar-refractivity contribution in [3.05, 3.63) is 64.9 Å². The molecule has 3 rings (SSSR count). The highest BCUT2D eigenvalue weighted by molar-refractivity contribution is 6.30. The van der Waals surface area contributed by atoms with Crippen molar-refractivity contribution in [1.29, 1.82) is 0 Å². The molecule has 27 heavy (non-hydrogen) atoms. The molecular weight excluding hydrogens is 367 g/mol. The summed E-state index contributed by atoms with van der Waals surface area (Å²) >= 11 is 5.93. The van der Waals surface area contributed by atoms with E-state index >= 15 is 0 Å². The Balaban J connectivity index is 1.46. The van der Waals surface area contributed by atoms with Crippen LogP contribution in [-0.2, 0) is 16.1 Å². The molecule has 0 bridgehead atoms. The van der Waals surface area contributed by atoms with Gasteiger partial charge in [0, 0.05) is 34.7 Å². The van der Waals surface area contributed by atoms with E-state index in [1.807, 2.05) is 0 Å². The van der Waals surface area contributed by atoms with Gasteiger partial charge in [0.1, 0.15) is 5.82 Å². The van der Waals surface area contributed by atoms with Crippen LogP contribution in [0.1, 0.15) is 31.2 Å². The van der Waals surface area contributed by atoms with Crippen LogP contribution in [0.5, 0.6) is 0 Å². The van der Waals surface area contributed by atoms with Crippen LogP contribution in [0.2, 0.25) is 5.02 Å². The van der Waals surface area contributed by atoms with E-state index in [0.717, 1.165) is 0 Å². The molecule has 0 aromatic heterocycles. The zero-order valence-corrected chi connectivity index (χ0v) is 15.6. The predicted molar refractivity (Wildman–Crippen MR) is 104 cm³/mol. The monoisotopic (exact) mass is 388 g/mol. The zero-order chi connectivity index (χ0) is 19.2. The van der Waals surface area contributed by atoms with Crippen molar-refractivity contribution < 1.29 is 14.0 Å². The SMILES string of the molecule is O=C(NCc1ccccc1F)C1CCC(C(=O)Nc2cccc(Cl)c2)CC1. The molecule has 0 saturated heterocycles. The van der Waals surface area contributed by atoms with Crippen molar-refractivity contribution in [1.82, 2.24) is 5.32 Å². The van der Waals surface area contributed by atoms with Gasteiger partial charge in [-0.3, -0.25) is 9.59 Å². The normalized spacial score (nSPS) is 19.3. The molecule has 6 heteroatoms. The number of carbonyl (C=O) groups is 2. The average Bonchev–Trinajstić information content (AvgIpc) is 2.67. The van der Waals surface area contributed by atoms with E-state index in [2.05, 4.69) is 10.6 Å². The standard InChI is InChI=1S/C21H22ClFN2O2/c22-17-5-3-6-18(12-17)25-21(27)15-10-8-14(9-11-15)20(26)24-13-16-4-1-2-7-19(16)23/h1-7,12,14-15H,8-11,13H2,(H,24,26)(H,25,27). The van der Waals surface area contributed by atoms with E-state index in [4.69, 9.17) is 11.6 Å². The molecule has 2 amide bonds. The first-order valence-corrected chi connectivity index (χ1v) is 9.48. The van der Waals surface area contributed by atoms with E-state index < -0.39 is 0 Å². The smallest absolute Gasteiger partial charge is 0.227 e. The molecule has 142 valence electrons. The number of hydrogen-bond donors (Lipinski definition) is 2. The fourth-order valence-corrected chi connectivity index (χ4v) is 3.59. The molecule has 0 atom stereocenters. The molecule has 0 radical (unpaired) electrons. The van der Waals surface area contributed by atoms with Crippen molar-refractivity contribution in [3.8, 4) is 0 Å². The number of rotatable bonds is 5. The van der Waals surface area contributed by atoms with Gasteiger partial charge in [-0.15, -0.1) is 0 Å². The third-order valence-electron chi connectivity index (χ3n) is 4.97. The predicted octanol–water partition coefficient (Wildman–Crippen LogP) is 4.54. The van der Waals surface area contributed by atoms with Crippen molar-refractivity contribution in [2.75, 3.05) is 5.32 Å². The fourth-order valence-electron chi connectivity index (χ4n) is 3.40. The first-order valence-electron chi connectivity index (χ1n) is 9.10. The highest BCUT2D eigenvalue weighted by atomic mass is 35.5. The highest BCUT2D eigenvalue weighted by Crippen LogP contribution is 2.30. The maximum atomic E-state index is 13.6. The third kappa shape index (κ3) is 5.30. The van der Waals surface area contributed by atoms with E-state index in [0.29, 0.717) is 42.0 Å². The second-order valence-electron chi connectivity index (χ2n) is 6.86. The molecule has 0 aliphatic heterocycles. The number of hydrogen-bond acceptors (Lipinski definition) is 2. The quantitative estimate of drug-likeness (QED) is 0.790. The first-order chi connectivity index (χ1) is 13.0. The maximum absolute atomic E-state index is 13.6. The van der Waals surface area contributed by atoms with Gasteiger partial charge in [-0.25, -0.2) is 4.39 Å². The molecule has 1 aliphatic rings. The Morgan fingerprint density at radius 1 is 0.963 bits per heavy atom. The summed E-state index contributed by atoms with van der Waals surface area (Å²) in [6.45, 7) is 0.181. The van der Waals surface area contributed by atoms with Gasteiger partial charge >= 0.3 is 0 Å². The Labute approximate surface area is 163 Å². The summed E-state index contributed by atoms with van der Waals surface area (Å²) in [7, 11) is 0. The van der Waals surface area contributed by atoms with Crippen molar-refractivity contribution in [3.63, 3.8) is 0 Å². The van der Waals surface area contributed by atoms with Crippen LogP contribution in [0.15, 0.2) is 48.5 Å². The number of anilines is 1. The van der Waals surface area contributed by atoms with E-state index in [-0.39, 0.29) is 36.0 Å². The summed E-state index contributed by atoms with van der Waals surface area (Å²) < 4.78 is 13.6. The van der Waals surface area contributed by atoms with E-state index in [9.17, 15) is 14.0 Å². The summed E-state index contributed by atoms with van der Waals surface area (Å²) in [4.78, 5) is 24.7. The van der Waals surface area contributed by atoms with Crippen molar-refractivity contribution in [2.24, 2.45) is 11.8 Å². The minimum atomic E-state index is -0.320. The van der Waals surface area contributed by atoms with Crippen molar-refractivity contribution in [2.45, 2.75) is 32.2 Å². The third-order valence-corrected chi connectivity index (χ3v) is 5.21. The molecule has 0 heterocycles. The van der Waals surface area contributed by atoms with Crippen molar-refractivity contribution >= 4 is 29.1 Å². The molecule has 0 unspecified atom stereocenters. The van der Waals surface area contributed by atoms with Gasteiger partial charge < -0.3 is 10.6 Å². The molecule has 4 nitrogen and oxygen atoms in total. The van der Waals surface area contributed by atoms with E-state index in [1.165, 1.54) is 6.07 Å². The number of nitrogens with one attached hydrogen (secondary N) is 2. The van der Waals surface area contributed by atoms with Gasteiger partial charge in [-0.2, -0.15) is 0 Å². The first kappa shape index (κ1) is 19.4. The molecule has 1 aliphatic carbocycles. The number of halogens is 2. The molecule has 1 saturated carbocycles. The summed E-state index contributed by atoms with van der Waals surface area (Å²) in [5.74, 6) is -0.680. The lowest BCUT2D eigenvalue weighted by Gasteiger charge is -2.27. The average molecular weight is 389 g/mol. The molecule has 2 aromatic carbocycles. The molecule has 0 spiro atoms. The molecular formula is C21H22ClFN2O2. The lowest BCUT2D eigenvalue weighted by Crippen LogP contribution is -2.35. The van der Waals surface area contributed by atoms with E-state index in [1.54, 1.807) is 42.5 Å². The number of benzene rings is 2. The Hall–Kier alpha value is -2.40. The Bertz CT molecular complexity index is 819. The summed E-state index contributed by atoms with van der Waals surface area (Å²) in [5, 5.41) is 6.26. The number of carbonyl (C=O) groups excluding carboxylic acids is 2. The molecule has 1 fully saturated rings. The van der Waals surface area contributed by atoms with Gasteiger partial charge in [-0.1, -0.05) is 35.9 Å². The summed E-state index contributed by atoms with van der Waals surface area (Å²) in [6, 6.07) is 13.5. The van der Waals surface area contributed by atoms with Crippen LogP contribution in [0.4, 0.5) is 10.1 Å². The topological polar surface area (TPSA) is 58.2 Å². The number of amides is 2.